The molecule has 6 heteroatoms. The van der Waals surface area contributed by atoms with Crippen LogP contribution in [-0.4, -0.2) is 42.1 Å². The lowest BCUT2D eigenvalue weighted by Crippen LogP contribution is -2.28. The van der Waals surface area contributed by atoms with Gasteiger partial charge in [-0.25, -0.2) is 0 Å². The van der Waals surface area contributed by atoms with Crippen LogP contribution in [0.3, 0.4) is 0 Å². The highest BCUT2D eigenvalue weighted by atomic mass is 16.6. The zero-order chi connectivity index (χ0) is 28.8. The highest BCUT2D eigenvalue weighted by Crippen LogP contribution is 2.12. The smallest absolute Gasteiger partial charge is 0.306 e. The minimum Gasteiger partial charge on any atom is -0.462 e. The summed E-state index contributed by atoms with van der Waals surface area (Å²) in [6.45, 7) is 3.94. The van der Waals surface area contributed by atoms with Gasteiger partial charge in [0.05, 0.1) is 6.61 Å². The van der Waals surface area contributed by atoms with E-state index in [2.05, 4.69) is 19.9 Å². The van der Waals surface area contributed by atoms with Crippen LogP contribution in [-0.2, 0) is 23.9 Å². The van der Waals surface area contributed by atoms with Crippen LogP contribution in [0.25, 0.3) is 0 Å². The van der Waals surface area contributed by atoms with Gasteiger partial charge in [-0.2, -0.15) is 0 Å². The van der Waals surface area contributed by atoms with Crippen LogP contribution >= 0.6 is 0 Å². The molecule has 1 atom stereocenters. The molecule has 0 aliphatic heterocycles. The molecule has 0 aromatic heterocycles. The molecule has 39 heavy (non-hydrogen) atoms. The highest BCUT2D eigenvalue weighted by molar-refractivity contribution is 5.89. The second kappa shape index (κ2) is 29.0. The molecule has 6 nitrogen and oxygen atoms in total. The Hall–Kier alpha value is -1.95. The summed E-state index contributed by atoms with van der Waals surface area (Å²) in [4.78, 5) is 35.9. The molecule has 0 aliphatic rings. The van der Waals surface area contributed by atoms with Gasteiger partial charge in [0, 0.05) is 19.3 Å². The maximum atomic E-state index is 12.0. The number of hydrogen-bond donors (Lipinski definition) is 1. The maximum Gasteiger partial charge on any atom is 0.306 e. The molecule has 0 radical (unpaired) electrons. The number of ketones is 1. The SMILES string of the molecule is CCCCC/C=C\C=C\C(=O)CCCCCCCC(=O)OC[C@H](CO)OC(=O)CCCCCCCCCCC. The first kappa shape index (κ1) is 37.0. The van der Waals surface area contributed by atoms with Crippen LogP contribution in [0.1, 0.15) is 149 Å². The Balaban J connectivity index is 3.70. The van der Waals surface area contributed by atoms with Gasteiger partial charge in [0.2, 0.25) is 0 Å². The largest absolute Gasteiger partial charge is 0.462 e. The lowest BCUT2D eigenvalue weighted by molar-refractivity contribution is -0.161. The molecule has 0 fully saturated rings. The average Bonchev–Trinajstić information content (AvgIpc) is 2.93. The molecular weight excluding hydrogens is 492 g/mol. The summed E-state index contributed by atoms with van der Waals surface area (Å²) >= 11 is 0. The van der Waals surface area contributed by atoms with Gasteiger partial charge in [-0.1, -0.05) is 116 Å². The Kier molecular flexibility index (Phi) is 27.6. The Morgan fingerprint density at radius 1 is 0.641 bits per heavy atom. The number of carbonyl (C=O) groups excluding carboxylic acids is 3. The van der Waals surface area contributed by atoms with E-state index in [-0.39, 0.29) is 30.9 Å². The molecule has 0 rings (SSSR count). The topological polar surface area (TPSA) is 89.9 Å². The van der Waals surface area contributed by atoms with Crippen LogP contribution in [0.5, 0.6) is 0 Å². The van der Waals surface area contributed by atoms with Crippen LogP contribution < -0.4 is 0 Å². The number of esters is 2. The number of carbonyl (C=O) groups is 3. The summed E-state index contributed by atoms with van der Waals surface area (Å²) in [5.74, 6) is -0.531. The fourth-order valence-electron chi connectivity index (χ4n) is 4.24. The zero-order valence-electron chi connectivity index (χ0n) is 25.1. The lowest BCUT2D eigenvalue weighted by atomic mass is 10.1. The first-order valence-electron chi connectivity index (χ1n) is 15.8. The lowest BCUT2D eigenvalue weighted by Gasteiger charge is -2.15. The predicted octanol–water partition coefficient (Wildman–Crippen LogP) is 8.35. The number of unbranched alkanes of at least 4 members (excludes halogenated alkanes) is 15. The van der Waals surface area contributed by atoms with Crippen molar-refractivity contribution in [2.24, 2.45) is 0 Å². The minimum absolute atomic E-state index is 0.109. The van der Waals surface area contributed by atoms with Crippen molar-refractivity contribution in [2.75, 3.05) is 13.2 Å². The summed E-state index contributed by atoms with van der Waals surface area (Å²) in [5, 5.41) is 9.45. The zero-order valence-corrected chi connectivity index (χ0v) is 25.1. The Morgan fingerprint density at radius 3 is 1.74 bits per heavy atom. The second-order valence-electron chi connectivity index (χ2n) is 10.6. The Morgan fingerprint density at radius 2 is 1.15 bits per heavy atom. The summed E-state index contributed by atoms with van der Waals surface area (Å²) in [5.41, 5.74) is 0. The molecular formula is C33H58O6. The van der Waals surface area contributed by atoms with Gasteiger partial charge in [-0.05, 0) is 38.2 Å². The van der Waals surface area contributed by atoms with Crippen molar-refractivity contribution in [3.8, 4) is 0 Å². The number of ether oxygens (including phenoxy) is 2. The van der Waals surface area contributed by atoms with Crippen molar-refractivity contribution >= 4 is 17.7 Å². The highest BCUT2D eigenvalue weighted by Gasteiger charge is 2.16. The van der Waals surface area contributed by atoms with Crippen molar-refractivity contribution in [2.45, 2.75) is 155 Å². The fraction of sp³-hybridized carbons (Fsp3) is 0.788. The van der Waals surface area contributed by atoms with Gasteiger partial charge < -0.3 is 14.6 Å². The van der Waals surface area contributed by atoms with Crippen LogP contribution in [0.15, 0.2) is 24.3 Å². The number of hydrogen-bond acceptors (Lipinski definition) is 6. The van der Waals surface area contributed by atoms with E-state index in [1.165, 1.54) is 57.8 Å². The molecule has 1 N–H and O–H groups in total. The second-order valence-corrected chi connectivity index (χ2v) is 10.6. The van der Waals surface area contributed by atoms with E-state index in [1.54, 1.807) is 6.08 Å². The number of allylic oxidation sites excluding steroid dienone is 4. The molecule has 0 bridgehead atoms. The van der Waals surface area contributed by atoms with Gasteiger partial charge in [-0.15, -0.1) is 0 Å². The van der Waals surface area contributed by atoms with Crippen molar-refractivity contribution in [1.29, 1.82) is 0 Å². The molecule has 0 unspecified atom stereocenters. The van der Waals surface area contributed by atoms with E-state index in [4.69, 9.17) is 9.47 Å². The van der Waals surface area contributed by atoms with E-state index < -0.39 is 6.10 Å². The average molecular weight is 551 g/mol. The van der Waals surface area contributed by atoms with E-state index >= 15 is 0 Å². The summed E-state index contributed by atoms with van der Waals surface area (Å²) in [6, 6.07) is 0. The van der Waals surface area contributed by atoms with Crippen molar-refractivity contribution < 1.29 is 29.0 Å². The normalized spacial score (nSPS) is 12.3. The maximum absolute atomic E-state index is 12.0. The van der Waals surface area contributed by atoms with Gasteiger partial charge in [0.25, 0.3) is 0 Å². The van der Waals surface area contributed by atoms with Gasteiger partial charge in [0.15, 0.2) is 11.9 Å². The quantitative estimate of drug-likeness (QED) is 0.0456. The third-order valence-electron chi connectivity index (χ3n) is 6.72. The number of rotatable bonds is 28. The summed E-state index contributed by atoms with van der Waals surface area (Å²) < 4.78 is 10.5. The predicted molar refractivity (Wildman–Crippen MR) is 160 cm³/mol. The van der Waals surface area contributed by atoms with Crippen LogP contribution in [0, 0.1) is 0 Å². The molecule has 0 saturated carbocycles. The first-order chi connectivity index (χ1) is 19.0. The number of aliphatic hydroxyl groups excluding tert-OH is 1. The molecule has 0 amide bonds. The van der Waals surface area contributed by atoms with Crippen molar-refractivity contribution in [3.63, 3.8) is 0 Å². The van der Waals surface area contributed by atoms with Gasteiger partial charge in [-0.3, -0.25) is 14.4 Å². The third-order valence-corrected chi connectivity index (χ3v) is 6.72. The molecule has 0 aliphatic carbocycles. The fourth-order valence-corrected chi connectivity index (χ4v) is 4.24. The monoisotopic (exact) mass is 550 g/mol. The van der Waals surface area contributed by atoms with Crippen molar-refractivity contribution in [3.05, 3.63) is 24.3 Å². The van der Waals surface area contributed by atoms with E-state index in [9.17, 15) is 19.5 Å². The third kappa shape index (κ3) is 27.4. The van der Waals surface area contributed by atoms with E-state index in [0.717, 1.165) is 57.8 Å². The number of aliphatic hydroxyl groups is 1. The molecule has 0 saturated heterocycles. The van der Waals surface area contributed by atoms with Crippen LogP contribution in [0.4, 0.5) is 0 Å². The standard InChI is InChI=1S/C33H58O6/c1-3-5-7-9-11-12-14-18-23-27-33(37)39-31(28-34)29-38-32(36)26-22-19-15-17-21-25-30(35)24-20-16-13-10-8-6-4-2/h13,16,20,24,31,34H,3-12,14-15,17-19,21-23,25-29H2,1-2H3/b16-13-,24-20+/t31-/m0/s1. The molecule has 0 spiro atoms. The first-order valence-corrected chi connectivity index (χ1v) is 15.8. The summed E-state index contributed by atoms with van der Waals surface area (Å²) in [6.07, 6.45) is 27.7. The molecule has 0 aromatic carbocycles. The Labute approximate surface area is 239 Å². The van der Waals surface area contributed by atoms with E-state index in [1.807, 2.05) is 12.2 Å². The summed E-state index contributed by atoms with van der Waals surface area (Å²) in [7, 11) is 0. The molecule has 0 aromatic rings. The minimum atomic E-state index is -0.803. The molecule has 226 valence electrons. The molecule has 0 heterocycles. The van der Waals surface area contributed by atoms with Crippen molar-refractivity contribution in [1.82, 2.24) is 0 Å². The Bertz CT molecular complexity index is 655. The van der Waals surface area contributed by atoms with Crippen LogP contribution in [0.2, 0.25) is 0 Å². The van der Waals surface area contributed by atoms with Gasteiger partial charge >= 0.3 is 11.9 Å². The van der Waals surface area contributed by atoms with Gasteiger partial charge in [0.1, 0.15) is 6.61 Å². The van der Waals surface area contributed by atoms with E-state index in [0.29, 0.717) is 19.3 Å².